The topological polar surface area (TPSA) is 79.8 Å². The Labute approximate surface area is 138 Å². The van der Waals surface area contributed by atoms with Gasteiger partial charge in [-0.2, -0.15) is 5.10 Å². The first kappa shape index (κ1) is 18.2. The van der Waals surface area contributed by atoms with E-state index in [1.165, 1.54) is 0 Å². The Balaban J connectivity index is 2.41. The zero-order valence-electron chi connectivity index (χ0n) is 12.9. The summed E-state index contributed by atoms with van der Waals surface area (Å²) in [5, 5.41) is 6.52. The van der Waals surface area contributed by atoms with Gasteiger partial charge in [0.1, 0.15) is 5.75 Å². The van der Waals surface area contributed by atoms with Crippen LogP contribution >= 0.6 is 15.9 Å². The minimum Gasteiger partial charge on any atom is -0.483 e. The van der Waals surface area contributed by atoms with E-state index in [-0.39, 0.29) is 24.8 Å². The van der Waals surface area contributed by atoms with Crippen LogP contribution in [0.5, 0.6) is 5.75 Å². The summed E-state index contributed by atoms with van der Waals surface area (Å²) in [6, 6.07) is 5.53. The monoisotopic (exact) mass is 369 g/mol. The van der Waals surface area contributed by atoms with Crippen molar-refractivity contribution in [1.29, 1.82) is 0 Å². The lowest BCUT2D eigenvalue weighted by Crippen LogP contribution is -2.28. The quantitative estimate of drug-likeness (QED) is 0.570. The molecule has 0 aliphatic carbocycles. The largest absolute Gasteiger partial charge is 0.483 e. The van der Waals surface area contributed by atoms with Crippen molar-refractivity contribution in [2.24, 2.45) is 5.10 Å². The van der Waals surface area contributed by atoms with E-state index in [1.54, 1.807) is 13.0 Å². The van der Waals surface area contributed by atoms with Crippen LogP contribution in [0.1, 0.15) is 25.8 Å². The number of hydrazone groups is 1. The van der Waals surface area contributed by atoms with Gasteiger partial charge in [0.25, 0.3) is 5.91 Å². The molecular formula is C15H20BrN3O3. The fraction of sp³-hybridized carbons (Fsp3) is 0.400. The van der Waals surface area contributed by atoms with Gasteiger partial charge in [-0.05, 0) is 44.5 Å². The van der Waals surface area contributed by atoms with Crippen LogP contribution in [-0.2, 0) is 9.59 Å². The molecule has 2 amide bonds. The van der Waals surface area contributed by atoms with Crippen molar-refractivity contribution in [2.75, 3.05) is 13.2 Å². The summed E-state index contributed by atoms with van der Waals surface area (Å²) in [7, 11) is 0. The number of nitrogens with one attached hydrogen (secondary N) is 2. The number of hydrogen-bond donors (Lipinski definition) is 2. The highest BCUT2D eigenvalue weighted by Crippen LogP contribution is 2.21. The zero-order chi connectivity index (χ0) is 16.5. The lowest BCUT2D eigenvalue weighted by atomic mass is 10.2. The molecule has 120 valence electrons. The number of amides is 2. The van der Waals surface area contributed by atoms with Crippen LogP contribution in [0.4, 0.5) is 0 Å². The average molecular weight is 370 g/mol. The fourth-order valence-electron chi connectivity index (χ4n) is 1.64. The Morgan fingerprint density at radius 3 is 2.68 bits per heavy atom. The van der Waals surface area contributed by atoms with E-state index in [4.69, 9.17) is 4.74 Å². The minimum atomic E-state index is -0.377. The van der Waals surface area contributed by atoms with Crippen LogP contribution in [-0.4, -0.2) is 30.7 Å². The lowest BCUT2D eigenvalue weighted by Gasteiger charge is -2.08. The van der Waals surface area contributed by atoms with Crippen molar-refractivity contribution < 1.29 is 14.3 Å². The van der Waals surface area contributed by atoms with Gasteiger partial charge in [0.05, 0.1) is 6.42 Å². The second kappa shape index (κ2) is 9.19. The first-order valence-corrected chi connectivity index (χ1v) is 7.69. The predicted molar refractivity (Wildman–Crippen MR) is 88.9 cm³/mol. The van der Waals surface area contributed by atoms with Gasteiger partial charge in [-0.3, -0.25) is 9.59 Å². The van der Waals surface area contributed by atoms with Crippen molar-refractivity contribution in [3.63, 3.8) is 0 Å². The standard InChI is InChI=1S/C15H20BrN3O3/c1-4-17-14(20)8-11(3)18-19-15(21)9-22-13-6-5-12(16)7-10(13)2/h5-7H,4,8-9H2,1-3H3,(H,17,20)(H,19,21)/b18-11+. The van der Waals surface area contributed by atoms with Crippen molar-refractivity contribution in [3.8, 4) is 5.75 Å². The van der Waals surface area contributed by atoms with Gasteiger partial charge in [-0.25, -0.2) is 5.43 Å². The van der Waals surface area contributed by atoms with Crippen molar-refractivity contribution in [3.05, 3.63) is 28.2 Å². The second-order valence-corrected chi connectivity index (χ2v) is 5.63. The molecule has 0 aromatic heterocycles. The van der Waals surface area contributed by atoms with Crippen LogP contribution < -0.4 is 15.5 Å². The van der Waals surface area contributed by atoms with E-state index < -0.39 is 0 Å². The molecule has 0 aliphatic rings. The minimum absolute atomic E-state index is 0.125. The first-order valence-electron chi connectivity index (χ1n) is 6.90. The molecule has 0 spiro atoms. The molecule has 2 N–H and O–H groups in total. The summed E-state index contributed by atoms with van der Waals surface area (Å²) < 4.78 is 6.38. The molecule has 0 unspecified atom stereocenters. The summed E-state index contributed by atoms with van der Waals surface area (Å²) >= 11 is 3.36. The Morgan fingerprint density at radius 1 is 1.32 bits per heavy atom. The summed E-state index contributed by atoms with van der Waals surface area (Å²) in [5.74, 6) is 0.138. The SMILES string of the molecule is CCNC(=O)C/C(C)=N/NC(=O)COc1ccc(Br)cc1C. The third-order valence-corrected chi connectivity index (χ3v) is 3.15. The summed E-state index contributed by atoms with van der Waals surface area (Å²) in [4.78, 5) is 23.0. The first-order chi connectivity index (χ1) is 10.4. The number of nitrogens with zero attached hydrogens (tertiary/aromatic N) is 1. The Bertz CT molecular complexity index is 573. The molecule has 0 fully saturated rings. The third kappa shape index (κ3) is 6.71. The van der Waals surface area contributed by atoms with Crippen LogP contribution in [0.2, 0.25) is 0 Å². The molecule has 1 rings (SSSR count). The maximum Gasteiger partial charge on any atom is 0.277 e. The molecule has 1 aromatic carbocycles. The highest BCUT2D eigenvalue weighted by Gasteiger charge is 2.06. The van der Waals surface area contributed by atoms with E-state index in [1.807, 2.05) is 26.0 Å². The van der Waals surface area contributed by atoms with Crippen LogP contribution in [0.25, 0.3) is 0 Å². The highest BCUT2D eigenvalue weighted by molar-refractivity contribution is 9.10. The normalized spacial score (nSPS) is 11.0. The number of benzene rings is 1. The van der Waals surface area contributed by atoms with Crippen LogP contribution in [0.15, 0.2) is 27.8 Å². The Hall–Kier alpha value is -1.89. The highest BCUT2D eigenvalue weighted by atomic mass is 79.9. The van der Waals surface area contributed by atoms with Crippen molar-refractivity contribution in [2.45, 2.75) is 27.2 Å². The molecule has 0 radical (unpaired) electrons. The molecular weight excluding hydrogens is 350 g/mol. The molecule has 6 nitrogen and oxygen atoms in total. The smallest absolute Gasteiger partial charge is 0.277 e. The van der Waals surface area contributed by atoms with Crippen LogP contribution in [0.3, 0.4) is 0 Å². The van der Waals surface area contributed by atoms with Gasteiger partial charge < -0.3 is 10.1 Å². The second-order valence-electron chi connectivity index (χ2n) is 4.71. The summed E-state index contributed by atoms with van der Waals surface area (Å²) in [6.07, 6.45) is 0.154. The van der Waals surface area contributed by atoms with E-state index in [9.17, 15) is 9.59 Å². The van der Waals surface area contributed by atoms with Crippen molar-refractivity contribution >= 4 is 33.5 Å². The molecule has 0 saturated carbocycles. The molecule has 22 heavy (non-hydrogen) atoms. The average Bonchev–Trinajstić information content (AvgIpc) is 2.44. The maximum absolute atomic E-state index is 11.7. The van der Waals surface area contributed by atoms with E-state index >= 15 is 0 Å². The van der Waals surface area contributed by atoms with Gasteiger partial charge >= 0.3 is 0 Å². The Kier molecular flexibility index (Phi) is 7.59. The number of carbonyl (C=O) groups is 2. The molecule has 0 bridgehead atoms. The summed E-state index contributed by atoms with van der Waals surface area (Å²) in [5.41, 5.74) is 3.82. The van der Waals surface area contributed by atoms with Gasteiger partial charge in [-0.15, -0.1) is 0 Å². The van der Waals surface area contributed by atoms with Gasteiger partial charge in [0, 0.05) is 16.7 Å². The lowest BCUT2D eigenvalue weighted by molar-refractivity contribution is -0.123. The number of ether oxygens (including phenoxy) is 1. The number of carbonyl (C=O) groups excluding carboxylic acids is 2. The molecule has 0 saturated heterocycles. The molecule has 0 heterocycles. The predicted octanol–water partition coefficient (Wildman–Crippen LogP) is 2.15. The zero-order valence-corrected chi connectivity index (χ0v) is 14.5. The number of halogens is 1. The Morgan fingerprint density at radius 2 is 2.05 bits per heavy atom. The molecule has 0 atom stereocenters. The number of rotatable bonds is 7. The third-order valence-electron chi connectivity index (χ3n) is 2.66. The van der Waals surface area contributed by atoms with Gasteiger partial charge in [-0.1, -0.05) is 15.9 Å². The van der Waals surface area contributed by atoms with Gasteiger partial charge in [0.15, 0.2) is 6.61 Å². The summed E-state index contributed by atoms with van der Waals surface area (Å²) in [6.45, 7) is 5.84. The van der Waals surface area contributed by atoms with E-state index in [2.05, 4.69) is 31.8 Å². The maximum atomic E-state index is 11.7. The van der Waals surface area contributed by atoms with Crippen LogP contribution in [0, 0.1) is 6.92 Å². The molecule has 0 aliphatic heterocycles. The number of aryl methyl sites for hydroxylation is 1. The fourth-order valence-corrected chi connectivity index (χ4v) is 2.12. The van der Waals surface area contributed by atoms with E-state index in [0.717, 1.165) is 10.0 Å². The van der Waals surface area contributed by atoms with Gasteiger partial charge in [0.2, 0.25) is 5.91 Å². The van der Waals surface area contributed by atoms with E-state index in [0.29, 0.717) is 18.0 Å². The van der Waals surface area contributed by atoms with Crippen molar-refractivity contribution in [1.82, 2.24) is 10.7 Å². The molecule has 1 aromatic rings. The molecule has 7 heteroatoms. The number of hydrogen-bond acceptors (Lipinski definition) is 4.